The number of alkyl carbamates (subject to hydrolysis) is 1. The fourth-order valence-electron chi connectivity index (χ4n) is 8.25. The quantitative estimate of drug-likeness (QED) is 0.0291. The highest BCUT2D eigenvalue weighted by Gasteiger charge is 2.23. The van der Waals surface area contributed by atoms with Gasteiger partial charge in [-0.3, -0.25) is 9.59 Å². The molecule has 14 heteroatoms. The topological polar surface area (TPSA) is 173 Å². The second-order valence-corrected chi connectivity index (χ2v) is 27.9. The summed E-state index contributed by atoms with van der Waals surface area (Å²) >= 11 is 0. The van der Waals surface area contributed by atoms with Gasteiger partial charge in [-0.25, -0.2) is 14.8 Å². The molecule has 0 aliphatic carbocycles. The Labute approximate surface area is 460 Å². The number of ketones is 2. The first-order valence-corrected chi connectivity index (χ1v) is 31.6. The van der Waals surface area contributed by atoms with Crippen molar-refractivity contribution in [2.75, 3.05) is 19.8 Å². The molecule has 2 atom stereocenters. The van der Waals surface area contributed by atoms with Crippen LogP contribution in [-0.4, -0.2) is 82.8 Å². The van der Waals surface area contributed by atoms with Crippen LogP contribution in [-0.2, 0) is 38.6 Å². The summed E-state index contributed by atoms with van der Waals surface area (Å²) in [6.45, 7) is 22.5. The fourth-order valence-corrected chi connectivity index (χ4v) is 9.01. The minimum Gasteiger partial charge on any atom is -0.494 e. The molecule has 2 heterocycles. The van der Waals surface area contributed by atoms with Gasteiger partial charge in [-0.1, -0.05) is 133 Å². The Balaban J connectivity index is 0.000000306. The van der Waals surface area contributed by atoms with E-state index in [9.17, 15) is 14.4 Å². The Morgan fingerprint density at radius 2 is 1.18 bits per heavy atom. The van der Waals surface area contributed by atoms with E-state index in [0.29, 0.717) is 26.2 Å². The molecule has 4 N–H and O–H groups in total. The molecule has 2 aromatic heterocycles. The summed E-state index contributed by atoms with van der Waals surface area (Å²) < 4.78 is 25.4. The Kier molecular flexibility index (Phi) is 24.9. The average molecular weight is 1070 g/mol. The SMILES string of the molecule is CCCCCCCOc1ccc(-c2cn(COCC[Si](C)(C)C)c(-c3ccc(C[C@H](NC(=O)OC(C)(C)C)C(C)=O)cc3)n2)cc1.CCCCCCCOc1ccc(-c2cnc(-c3ccc(C[C@H](N)C(C)=O)cc3)[nH]2)cc1. The average Bonchev–Trinajstić information content (AvgIpc) is 4.06. The number of aromatic amines is 1. The van der Waals surface area contributed by atoms with Gasteiger partial charge in [0.25, 0.3) is 0 Å². The lowest BCUT2D eigenvalue weighted by Gasteiger charge is -2.22. The first-order valence-electron chi connectivity index (χ1n) is 27.9. The van der Waals surface area contributed by atoms with E-state index in [1.54, 1.807) is 20.8 Å². The minimum atomic E-state index is -1.21. The molecule has 416 valence electrons. The van der Waals surface area contributed by atoms with E-state index in [2.05, 4.69) is 77.6 Å². The number of hydrogen-bond donors (Lipinski definition) is 3. The highest BCUT2D eigenvalue weighted by atomic mass is 28.3. The van der Waals surface area contributed by atoms with Crippen molar-refractivity contribution in [3.63, 3.8) is 0 Å². The molecule has 0 fully saturated rings. The number of carbonyl (C=O) groups is 3. The molecular formula is C63H88N6O7Si. The largest absolute Gasteiger partial charge is 0.494 e. The summed E-state index contributed by atoms with van der Waals surface area (Å²) in [5.41, 5.74) is 13.0. The number of amides is 1. The molecule has 0 spiro atoms. The highest BCUT2D eigenvalue weighted by Crippen LogP contribution is 2.29. The number of H-pyrrole nitrogens is 1. The third-order valence-electron chi connectivity index (χ3n) is 13.0. The number of Topliss-reactive ketones (excluding diaryl/α,β-unsaturated/α-hetero) is 2. The molecule has 0 saturated heterocycles. The molecule has 13 nitrogen and oxygen atoms in total. The van der Waals surface area contributed by atoms with Crippen molar-refractivity contribution in [1.82, 2.24) is 24.8 Å². The van der Waals surface area contributed by atoms with Gasteiger partial charge in [0.05, 0.1) is 42.9 Å². The van der Waals surface area contributed by atoms with Crippen molar-refractivity contribution in [3.05, 3.63) is 121 Å². The molecular weight excluding hydrogens is 981 g/mol. The smallest absolute Gasteiger partial charge is 0.408 e. The van der Waals surface area contributed by atoms with E-state index in [-0.39, 0.29) is 11.6 Å². The molecule has 0 unspecified atom stereocenters. The molecule has 0 aliphatic heterocycles. The number of hydrogen-bond acceptors (Lipinski definition) is 10. The van der Waals surface area contributed by atoms with Gasteiger partial charge in [0, 0.05) is 37.6 Å². The third-order valence-corrected chi connectivity index (χ3v) is 14.7. The Morgan fingerprint density at radius 1 is 0.662 bits per heavy atom. The first-order chi connectivity index (χ1) is 36.8. The number of nitrogens with two attached hydrogens (primary N) is 1. The number of nitrogens with one attached hydrogen (secondary N) is 2. The predicted molar refractivity (Wildman–Crippen MR) is 315 cm³/mol. The lowest BCUT2D eigenvalue weighted by molar-refractivity contribution is -0.119. The Morgan fingerprint density at radius 3 is 1.70 bits per heavy atom. The van der Waals surface area contributed by atoms with Gasteiger partial charge in [-0.05, 0) is 132 Å². The normalized spacial score (nSPS) is 12.3. The summed E-state index contributed by atoms with van der Waals surface area (Å²) in [5, 5.41) is 2.71. The van der Waals surface area contributed by atoms with Crippen molar-refractivity contribution >= 4 is 25.7 Å². The first kappa shape index (κ1) is 61.5. The number of aromatic nitrogens is 4. The lowest BCUT2D eigenvalue weighted by atomic mass is 10.0. The Bertz CT molecular complexity index is 2690. The van der Waals surface area contributed by atoms with Crippen molar-refractivity contribution in [3.8, 4) is 56.8 Å². The van der Waals surface area contributed by atoms with Crippen molar-refractivity contribution in [2.45, 2.75) is 176 Å². The predicted octanol–water partition coefficient (Wildman–Crippen LogP) is 14.5. The summed E-state index contributed by atoms with van der Waals surface area (Å²) in [7, 11) is -1.21. The maximum absolute atomic E-state index is 12.3. The van der Waals surface area contributed by atoms with Crippen LogP contribution in [0.3, 0.4) is 0 Å². The number of benzene rings is 4. The molecule has 6 aromatic rings. The second-order valence-electron chi connectivity index (χ2n) is 22.3. The number of unbranched alkanes of at least 4 members (excludes halogenated alkanes) is 8. The molecule has 6 rings (SSSR count). The van der Waals surface area contributed by atoms with Crippen LogP contribution < -0.4 is 20.5 Å². The van der Waals surface area contributed by atoms with Gasteiger partial charge >= 0.3 is 6.09 Å². The van der Waals surface area contributed by atoms with Gasteiger partial charge in [0.15, 0.2) is 5.78 Å². The summed E-state index contributed by atoms with van der Waals surface area (Å²) in [5.74, 6) is 3.26. The third kappa shape index (κ3) is 22.3. The number of imidazole rings is 2. The summed E-state index contributed by atoms with van der Waals surface area (Å²) in [6, 6.07) is 32.2. The van der Waals surface area contributed by atoms with Gasteiger partial charge in [0.1, 0.15) is 41.3 Å². The van der Waals surface area contributed by atoms with E-state index < -0.39 is 31.9 Å². The lowest BCUT2D eigenvalue weighted by Crippen LogP contribution is -2.43. The standard InChI is InChI=1S/C37H55N3O5Si.C26H33N3O2/c1-9-10-11-12-13-22-44-32-20-18-30(19-21-32)34-26-40(27-43-23-24-46(6,7)8)35(38-34)31-16-14-29(15-17-31)25-33(28(2)41)39-36(42)45-37(3,4)5;1-3-4-5-6-7-16-31-23-14-12-21(13-15-23)25-18-28-26(29-25)22-10-8-20(9-11-22)17-24(27)19(2)30/h14-21,26,33H,9-13,22-25,27H2,1-8H3,(H,39,42);8-15,18,24H,3-7,16-17,27H2,1-2H3,(H,28,29)/t33-;24-/m00/s1. The van der Waals surface area contributed by atoms with E-state index in [0.717, 1.165) is 100 Å². The number of rotatable bonds is 30. The van der Waals surface area contributed by atoms with Gasteiger partial charge < -0.3 is 39.5 Å². The zero-order valence-electron chi connectivity index (χ0n) is 47.8. The van der Waals surface area contributed by atoms with Crippen molar-refractivity contribution in [2.24, 2.45) is 5.73 Å². The van der Waals surface area contributed by atoms with Gasteiger partial charge in [0.2, 0.25) is 0 Å². The maximum Gasteiger partial charge on any atom is 0.408 e. The monoisotopic (exact) mass is 1070 g/mol. The molecule has 0 saturated carbocycles. The maximum atomic E-state index is 12.3. The Hall–Kier alpha value is -6.35. The van der Waals surface area contributed by atoms with E-state index in [1.807, 2.05) is 85.2 Å². The zero-order valence-corrected chi connectivity index (χ0v) is 48.8. The van der Waals surface area contributed by atoms with Crippen molar-refractivity contribution < 1.29 is 33.3 Å². The van der Waals surface area contributed by atoms with Gasteiger partial charge in [-0.15, -0.1) is 0 Å². The van der Waals surface area contributed by atoms with E-state index >= 15 is 0 Å². The molecule has 1 amide bonds. The van der Waals surface area contributed by atoms with Crippen LogP contribution in [0, 0.1) is 0 Å². The fraction of sp³-hybridized carbons (Fsp3) is 0.476. The molecule has 0 bridgehead atoms. The summed E-state index contributed by atoms with van der Waals surface area (Å²) in [4.78, 5) is 48.9. The molecule has 77 heavy (non-hydrogen) atoms. The number of nitrogens with zero attached hydrogens (tertiary/aromatic N) is 3. The van der Waals surface area contributed by atoms with Crippen LogP contribution in [0.25, 0.3) is 45.3 Å². The minimum absolute atomic E-state index is 0.00291. The second kappa shape index (κ2) is 31.1. The zero-order chi connectivity index (χ0) is 55.8. The van der Waals surface area contributed by atoms with Crippen LogP contribution in [0.15, 0.2) is 109 Å². The molecule has 0 radical (unpaired) electrons. The van der Waals surface area contributed by atoms with Crippen LogP contribution in [0.1, 0.15) is 124 Å². The molecule has 0 aliphatic rings. The van der Waals surface area contributed by atoms with Crippen LogP contribution in [0.2, 0.25) is 25.7 Å². The van der Waals surface area contributed by atoms with E-state index in [1.165, 1.54) is 65.2 Å². The highest BCUT2D eigenvalue weighted by molar-refractivity contribution is 6.76. The summed E-state index contributed by atoms with van der Waals surface area (Å²) in [6.07, 6.45) is 16.4. The van der Waals surface area contributed by atoms with Crippen LogP contribution in [0.5, 0.6) is 11.5 Å². The van der Waals surface area contributed by atoms with Crippen molar-refractivity contribution in [1.29, 1.82) is 0 Å². The molecule has 4 aromatic carbocycles. The van der Waals surface area contributed by atoms with Gasteiger partial charge in [-0.2, -0.15) is 0 Å². The van der Waals surface area contributed by atoms with Crippen LogP contribution >= 0.6 is 0 Å². The number of carbonyl (C=O) groups excluding carboxylic acids is 3. The number of ether oxygens (including phenoxy) is 4. The van der Waals surface area contributed by atoms with Crippen LogP contribution in [0.4, 0.5) is 4.79 Å². The van der Waals surface area contributed by atoms with E-state index in [4.69, 9.17) is 29.7 Å².